The van der Waals surface area contributed by atoms with E-state index in [0.29, 0.717) is 77.5 Å². The number of hydrogen-bond acceptors (Lipinski definition) is 15. The number of ketones is 2. The van der Waals surface area contributed by atoms with Crippen LogP contribution in [-0.2, 0) is 73.1 Å². The van der Waals surface area contributed by atoms with Crippen molar-refractivity contribution in [2.45, 2.75) is 109 Å². The number of fused-ring (bicyclic) bond motifs is 5. The van der Waals surface area contributed by atoms with Crippen LogP contribution in [0.15, 0.2) is 66.0 Å². The lowest BCUT2D eigenvalue weighted by atomic mass is 9.81. The number of halogens is 1. The van der Waals surface area contributed by atoms with E-state index in [1.165, 1.54) is 22.8 Å². The van der Waals surface area contributed by atoms with Gasteiger partial charge in [-0.3, -0.25) is 48.1 Å². The molecule has 23 heteroatoms. The summed E-state index contributed by atoms with van der Waals surface area (Å²) in [6.45, 7) is 5.70. The predicted octanol–water partition coefficient (Wildman–Crippen LogP) is 1.23. The fourth-order valence-corrected chi connectivity index (χ4v) is 10.5. The van der Waals surface area contributed by atoms with E-state index in [2.05, 4.69) is 38.5 Å². The molecule has 3 aromatic rings. The van der Waals surface area contributed by atoms with Crippen molar-refractivity contribution in [3.63, 3.8) is 0 Å². The SMILES string of the molecule is C=C/C=C\C=C\CC(NC(=O)CNC(=O)CNC(=O)CCCCCC1C(=O)C=CC1=O)C(=O)NCC(=O)NCCN(CCO)CCC(=O)NC1CCc2c(C)c(F)cc3nc4c(c1c23)Cn1c-4cc2c(c1=O)COC(=O)[C@]2(O)CC. The van der Waals surface area contributed by atoms with E-state index in [-0.39, 0.29) is 106 Å². The van der Waals surface area contributed by atoms with Crippen molar-refractivity contribution in [3.05, 3.63) is 111 Å². The highest BCUT2D eigenvalue weighted by Crippen LogP contribution is 2.46. The van der Waals surface area contributed by atoms with E-state index in [1.54, 1.807) is 55.2 Å². The van der Waals surface area contributed by atoms with Crippen molar-refractivity contribution in [3.8, 4) is 11.4 Å². The Hall–Kier alpha value is -8.02. The van der Waals surface area contributed by atoms with Gasteiger partial charge in [-0.1, -0.05) is 56.7 Å². The monoisotopic (exact) mass is 1110 g/mol. The molecule has 0 saturated carbocycles. The highest BCUT2D eigenvalue weighted by atomic mass is 19.1. The number of rotatable bonds is 28. The molecule has 6 amide bonds. The van der Waals surface area contributed by atoms with Crippen LogP contribution in [0.4, 0.5) is 4.39 Å². The van der Waals surface area contributed by atoms with Gasteiger partial charge in [0.1, 0.15) is 18.5 Å². The zero-order valence-electron chi connectivity index (χ0n) is 44.9. The van der Waals surface area contributed by atoms with Gasteiger partial charge >= 0.3 is 5.97 Å². The summed E-state index contributed by atoms with van der Waals surface area (Å²) in [5.41, 5.74) is 1.41. The Labute approximate surface area is 460 Å². The first-order valence-electron chi connectivity index (χ1n) is 26.9. The van der Waals surface area contributed by atoms with Crippen molar-refractivity contribution in [2.75, 3.05) is 52.4 Å². The molecule has 4 heterocycles. The zero-order chi connectivity index (χ0) is 57.7. The number of benzene rings is 1. The van der Waals surface area contributed by atoms with Crippen LogP contribution in [0.3, 0.4) is 0 Å². The number of pyridine rings is 2. The van der Waals surface area contributed by atoms with Crippen LogP contribution in [0, 0.1) is 18.7 Å². The maximum Gasteiger partial charge on any atom is 0.343 e. The third-order valence-electron chi connectivity index (χ3n) is 14.9. The Morgan fingerprint density at radius 2 is 1.60 bits per heavy atom. The molecule has 2 aliphatic heterocycles. The van der Waals surface area contributed by atoms with Crippen LogP contribution >= 0.6 is 0 Å². The molecular formula is C57H68FN9O13. The second-order valence-corrected chi connectivity index (χ2v) is 20.1. The van der Waals surface area contributed by atoms with Crippen molar-refractivity contribution in [2.24, 2.45) is 5.92 Å². The molecule has 80 heavy (non-hydrogen) atoms. The number of unbranched alkanes of at least 4 members (excludes halogenated alkanes) is 2. The molecule has 0 spiro atoms. The largest absolute Gasteiger partial charge is 0.458 e. The maximum absolute atomic E-state index is 15.4. The van der Waals surface area contributed by atoms with Gasteiger partial charge < -0.3 is 51.4 Å². The van der Waals surface area contributed by atoms with Crippen molar-refractivity contribution >= 4 is 63.9 Å². The summed E-state index contributed by atoms with van der Waals surface area (Å²) in [6.07, 6.45) is 13.7. The lowest BCUT2D eigenvalue weighted by Gasteiger charge is -2.31. The lowest BCUT2D eigenvalue weighted by molar-refractivity contribution is -0.172. The number of cyclic esters (lactones) is 1. The molecule has 0 fully saturated rings. The maximum atomic E-state index is 15.4. The van der Waals surface area contributed by atoms with E-state index in [4.69, 9.17) is 9.72 Å². The summed E-state index contributed by atoms with van der Waals surface area (Å²) < 4.78 is 22.2. The van der Waals surface area contributed by atoms with E-state index < -0.39 is 84.2 Å². The number of nitrogens with one attached hydrogen (secondary N) is 6. The Bertz CT molecular complexity index is 3110. The summed E-state index contributed by atoms with van der Waals surface area (Å²) in [6, 6.07) is 1.21. The number of hydrogen-bond donors (Lipinski definition) is 8. The molecule has 7 rings (SSSR count). The minimum atomic E-state index is -2.05. The number of carbonyl (C=O) groups is 9. The van der Waals surface area contributed by atoms with Gasteiger partial charge in [0.25, 0.3) is 5.56 Å². The average Bonchev–Trinajstić information content (AvgIpc) is 4.05. The number of nitrogens with zero attached hydrogens (tertiary/aromatic N) is 3. The molecular weight excluding hydrogens is 1040 g/mol. The number of aryl methyl sites for hydroxylation is 1. The second kappa shape index (κ2) is 27.2. The molecule has 2 unspecified atom stereocenters. The van der Waals surface area contributed by atoms with Gasteiger partial charge in [-0.15, -0.1) is 0 Å². The highest BCUT2D eigenvalue weighted by Gasteiger charge is 2.46. The molecule has 8 N–H and O–H groups in total. The van der Waals surface area contributed by atoms with Gasteiger partial charge in [-0.25, -0.2) is 14.2 Å². The van der Waals surface area contributed by atoms with Crippen molar-refractivity contribution in [1.29, 1.82) is 0 Å². The molecule has 426 valence electrons. The van der Waals surface area contributed by atoms with Crippen LogP contribution in [0.25, 0.3) is 22.3 Å². The fourth-order valence-electron chi connectivity index (χ4n) is 10.5. The van der Waals surface area contributed by atoms with Gasteiger partial charge in [0, 0.05) is 61.6 Å². The number of allylic oxidation sites excluding steroid dienone is 6. The highest BCUT2D eigenvalue weighted by molar-refractivity contribution is 6.18. The Balaban J connectivity index is 0.879. The molecule has 0 bridgehead atoms. The van der Waals surface area contributed by atoms with Crippen LogP contribution in [-0.4, -0.2) is 136 Å². The minimum absolute atomic E-state index is 0.00931. The first-order chi connectivity index (χ1) is 38.4. The molecule has 0 saturated heterocycles. The predicted molar refractivity (Wildman–Crippen MR) is 289 cm³/mol. The minimum Gasteiger partial charge on any atom is -0.458 e. The second-order valence-electron chi connectivity index (χ2n) is 20.1. The van der Waals surface area contributed by atoms with Crippen molar-refractivity contribution in [1.82, 2.24) is 46.4 Å². The topological polar surface area (TPSA) is 314 Å². The summed E-state index contributed by atoms with van der Waals surface area (Å²) >= 11 is 0. The number of aliphatic hydroxyl groups is 2. The van der Waals surface area contributed by atoms with Gasteiger partial charge in [0.05, 0.1) is 67.2 Å². The molecule has 0 radical (unpaired) electrons. The van der Waals surface area contributed by atoms with Gasteiger partial charge in [0.15, 0.2) is 17.2 Å². The molecule has 2 aliphatic carbocycles. The summed E-state index contributed by atoms with van der Waals surface area (Å²) in [4.78, 5) is 135. The first kappa shape index (κ1) is 59.6. The fraction of sp³-hybridized carbons (Fsp3) is 0.456. The molecule has 2 aromatic heterocycles. The molecule has 3 atom stereocenters. The van der Waals surface area contributed by atoms with Crippen LogP contribution in [0.2, 0.25) is 0 Å². The average molecular weight is 1110 g/mol. The number of carbonyl (C=O) groups excluding carboxylic acids is 9. The van der Waals surface area contributed by atoms with E-state index in [0.717, 1.165) is 5.56 Å². The smallest absolute Gasteiger partial charge is 0.343 e. The standard InChI is InChI=1S/C57H68FN9O13/c1-4-6-7-8-11-14-41(64-50(75)30-61-49(74)28-60-46(71)15-12-9-10-13-35-44(69)18-19-45(35)70)54(76)62-29-48(73)59-21-23-66(24-25-68)22-20-47(72)63-40-17-16-34-33(3)39(58)27-42-51(34)52(40)36-31-67-43(53(36)65-42)26-38-37(55(67)77)32-80-56(78)57(38,79)5-2/h4,6-8,11,18-19,26-27,35,40-41,68,79H,1,5,9-10,12-17,20-25,28-32H2,2-3H3,(H,59,73)(H,60,71)(H,61,74)(H,62,76)(H,63,72)(H,64,75)/b7-6-,11-8+/t40?,41?,57-/m0/s1. The molecule has 1 aromatic carbocycles. The first-order valence-corrected chi connectivity index (χ1v) is 26.9. The molecule has 4 aliphatic rings. The van der Waals surface area contributed by atoms with Crippen LogP contribution in [0.1, 0.15) is 104 Å². The number of aromatic nitrogens is 2. The summed E-state index contributed by atoms with van der Waals surface area (Å²) in [5.74, 6) is -5.69. The van der Waals surface area contributed by atoms with Crippen molar-refractivity contribution < 1.29 is 62.5 Å². The third-order valence-corrected chi connectivity index (χ3v) is 14.9. The Morgan fingerprint density at radius 1 is 0.875 bits per heavy atom. The number of amides is 6. The van der Waals surface area contributed by atoms with Crippen LogP contribution in [0.5, 0.6) is 0 Å². The zero-order valence-corrected chi connectivity index (χ0v) is 44.9. The quantitative estimate of drug-likeness (QED) is 0.0172. The Morgan fingerprint density at radius 3 is 2.34 bits per heavy atom. The number of aliphatic hydroxyl groups excluding tert-OH is 1. The summed E-state index contributed by atoms with van der Waals surface area (Å²) in [7, 11) is 0. The van der Waals surface area contributed by atoms with E-state index in [1.807, 2.05) is 0 Å². The number of ether oxygens (including phenoxy) is 1. The molecule has 22 nitrogen and oxygen atoms in total. The lowest BCUT2D eigenvalue weighted by Crippen LogP contribution is -2.51. The van der Waals surface area contributed by atoms with E-state index >= 15 is 4.39 Å². The summed E-state index contributed by atoms with van der Waals surface area (Å²) in [5, 5.41) is 37.7. The van der Waals surface area contributed by atoms with E-state index in [9.17, 15) is 58.2 Å². The van der Waals surface area contributed by atoms with Gasteiger partial charge in [-0.05, 0) is 80.4 Å². The number of esters is 1. The van der Waals surface area contributed by atoms with Crippen LogP contribution < -0.4 is 37.5 Å². The Kier molecular flexibility index (Phi) is 20.3. The van der Waals surface area contributed by atoms with Gasteiger partial charge in [-0.2, -0.15) is 0 Å². The normalized spacial score (nSPS) is 17.5. The third kappa shape index (κ3) is 14.0. The van der Waals surface area contributed by atoms with Gasteiger partial charge in [0.2, 0.25) is 35.4 Å².